The molecule has 0 aliphatic carbocycles. The summed E-state index contributed by atoms with van der Waals surface area (Å²) in [5, 5.41) is 0. The van der Waals surface area contributed by atoms with Gasteiger partial charge in [-0.2, -0.15) is 0 Å². The second kappa shape index (κ2) is 5.15. The first-order chi connectivity index (χ1) is 3.00. The highest BCUT2D eigenvalue weighted by molar-refractivity contribution is 9.09. The fourth-order valence-electron chi connectivity index (χ4n) is 0.279. The molecule has 1 fully saturated rings. The van der Waals surface area contributed by atoms with Crippen LogP contribution in [0.3, 0.4) is 0 Å². The summed E-state index contributed by atoms with van der Waals surface area (Å²) in [5.41, 5.74) is 0. The minimum absolute atomic E-state index is 0. The zero-order valence-electron chi connectivity index (χ0n) is 3.85. The van der Waals surface area contributed by atoms with Crippen molar-refractivity contribution in [2.24, 2.45) is 0 Å². The van der Waals surface area contributed by atoms with Gasteiger partial charge < -0.3 is 5.48 Å². The Bertz CT molecular complexity index is 25.7. The number of rotatable bonds is 0. The van der Waals surface area contributed by atoms with Crippen molar-refractivity contribution in [1.82, 2.24) is 0 Å². The van der Waals surface area contributed by atoms with E-state index in [1.54, 1.807) is 0 Å². The van der Waals surface area contributed by atoms with Gasteiger partial charge in [0.1, 0.15) is 0 Å². The maximum Gasteiger partial charge on any atom is 0.00533 e. The van der Waals surface area contributed by atoms with Gasteiger partial charge in [0, 0.05) is 11.5 Å². The van der Waals surface area contributed by atoms with Crippen LogP contribution in [0.5, 0.6) is 0 Å². The van der Waals surface area contributed by atoms with Gasteiger partial charge in [-0.3, -0.25) is 0 Å². The molecule has 1 saturated heterocycles. The molecule has 1 aliphatic rings. The van der Waals surface area contributed by atoms with Crippen LogP contribution in [-0.4, -0.2) is 17.0 Å². The lowest BCUT2D eigenvalue weighted by Crippen LogP contribution is -1.82. The van der Waals surface area contributed by atoms with Crippen LogP contribution in [0.25, 0.3) is 0 Å². The Hall–Kier alpha value is 1.01. The van der Waals surface area contributed by atoms with E-state index < -0.39 is 0 Å². The Morgan fingerprint density at radius 3 is 1.71 bits per heavy atom. The summed E-state index contributed by atoms with van der Waals surface area (Å²) < 4.78 is 0. The van der Waals surface area contributed by atoms with E-state index in [1.807, 2.05) is 31.4 Å². The third-order valence-electron chi connectivity index (χ3n) is 0.552. The van der Waals surface area contributed by atoms with Gasteiger partial charge in [-0.1, -0.05) is 21.6 Å². The molecule has 0 amide bonds. The maximum atomic E-state index is 1.97. The summed E-state index contributed by atoms with van der Waals surface area (Å²) in [5.74, 6) is 2.72. The fourth-order valence-corrected chi connectivity index (χ4v) is 4.35. The summed E-state index contributed by atoms with van der Waals surface area (Å²) in [4.78, 5) is 0. The molecule has 0 aromatic heterocycles. The first-order valence-corrected chi connectivity index (χ1v) is 5.73. The van der Waals surface area contributed by atoms with Crippen LogP contribution in [0.1, 0.15) is 6.42 Å². The molecule has 7 heavy (non-hydrogen) atoms. The van der Waals surface area contributed by atoms with Gasteiger partial charge in [-0.15, -0.1) is 0 Å². The molecule has 0 unspecified atom stereocenters. The van der Waals surface area contributed by atoms with E-state index in [-0.39, 0.29) is 5.48 Å². The highest BCUT2D eigenvalue weighted by Gasteiger charge is 1.97. The Balaban J connectivity index is 0.000000360. The van der Waals surface area contributed by atoms with Gasteiger partial charge in [0.15, 0.2) is 0 Å². The van der Waals surface area contributed by atoms with Crippen LogP contribution in [0, 0.1) is 0 Å². The molecule has 0 spiro atoms. The predicted octanol–water partition coefficient (Wildman–Crippen LogP) is 1.60. The van der Waals surface area contributed by atoms with Crippen LogP contribution in [0.4, 0.5) is 0 Å². The van der Waals surface area contributed by atoms with Gasteiger partial charge in [-0.25, -0.2) is 0 Å². The molecule has 0 radical (unpaired) electrons. The zero-order chi connectivity index (χ0) is 4.24. The molecule has 0 aromatic carbocycles. The second-order valence-corrected chi connectivity index (χ2v) is 5.54. The lowest BCUT2D eigenvalue weighted by molar-refractivity contribution is 0.824. The molecule has 4 heteroatoms. The van der Waals surface area contributed by atoms with Crippen LogP contribution < -0.4 is 0 Å². The van der Waals surface area contributed by atoms with Crippen molar-refractivity contribution in [2.75, 3.05) is 11.5 Å². The molecule has 44 valence electrons. The van der Waals surface area contributed by atoms with E-state index in [2.05, 4.69) is 0 Å². The molecular weight excluding hydrogens is 148 g/mol. The van der Waals surface area contributed by atoms with E-state index in [0.717, 1.165) is 0 Å². The lowest BCUT2D eigenvalue weighted by atomic mass is 10.6. The van der Waals surface area contributed by atoms with E-state index in [4.69, 9.17) is 0 Å². The quantitative estimate of drug-likeness (QED) is 0.499. The van der Waals surface area contributed by atoms with Crippen molar-refractivity contribution >= 4 is 31.4 Å². The van der Waals surface area contributed by atoms with Gasteiger partial charge >= 0.3 is 0 Å². The SMILES string of the molecule is C1CSSSC1.O. The average molecular weight is 156 g/mol. The van der Waals surface area contributed by atoms with Crippen molar-refractivity contribution in [1.29, 1.82) is 0 Å². The third kappa shape index (κ3) is 3.58. The van der Waals surface area contributed by atoms with Crippen molar-refractivity contribution in [2.45, 2.75) is 6.42 Å². The largest absolute Gasteiger partial charge is 0.412 e. The van der Waals surface area contributed by atoms with Crippen molar-refractivity contribution in [3.8, 4) is 0 Å². The van der Waals surface area contributed by atoms with Crippen LogP contribution >= 0.6 is 31.4 Å². The molecule has 1 rings (SSSR count). The van der Waals surface area contributed by atoms with Gasteiger partial charge in [-0.05, 0) is 16.2 Å². The first kappa shape index (κ1) is 8.01. The van der Waals surface area contributed by atoms with Gasteiger partial charge in [0.05, 0.1) is 0 Å². The molecule has 1 aliphatic heterocycles. The Morgan fingerprint density at radius 2 is 1.57 bits per heavy atom. The average Bonchev–Trinajstić information content (AvgIpc) is 1.72. The standard InChI is InChI=1S/C3H6S3.H2O/c1-2-4-6-5-3-1;/h1-3H2;1H2. The van der Waals surface area contributed by atoms with Crippen LogP contribution in [-0.2, 0) is 0 Å². The Labute approximate surface area is 55.1 Å². The molecule has 2 N–H and O–H groups in total. The minimum atomic E-state index is 0. The molecule has 0 saturated carbocycles. The second-order valence-electron chi connectivity index (χ2n) is 1.07. The molecule has 1 nitrogen and oxygen atoms in total. The van der Waals surface area contributed by atoms with Gasteiger partial charge in [0.2, 0.25) is 0 Å². The predicted molar refractivity (Wildman–Crippen MR) is 40.7 cm³/mol. The van der Waals surface area contributed by atoms with E-state index in [9.17, 15) is 0 Å². The monoisotopic (exact) mass is 156 g/mol. The first-order valence-electron chi connectivity index (χ1n) is 1.91. The topological polar surface area (TPSA) is 31.5 Å². The van der Waals surface area contributed by atoms with Crippen molar-refractivity contribution < 1.29 is 5.48 Å². The zero-order valence-corrected chi connectivity index (χ0v) is 6.30. The molecule has 0 bridgehead atoms. The third-order valence-corrected chi connectivity index (χ3v) is 4.96. The maximum absolute atomic E-state index is 1.97. The molecule has 1 heterocycles. The summed E-state index contributed by atoms with van der Waals surface area (Å²) in [6, 6.07) is 0. The van der Waals surface area contributed by atoms with Crippen molar-refractivity contribution in [3.05, 3.63) is 0 Å². The summed E-state index contributed by atoms with van der Waals surface area (Å²) >= 11 is 0. The number of hydrogen-bond acceptors (Lipinski definition) is 3. The molecule has 0 aromatic rings. The molecule has 0 atom stereocenters. The smallest absolute Gasteiger partial charge is 0.00533 e. The summed E-state index contributed by atoms with van der Waals surface area (Å²) in [7, 11) is 5.88. The number of hydrogen-bond donors (Lipinski definition) is 0. The normalized spacial score (nSPS) is 20.6. The van der Waals surface area contributed by atoms with E-state index in [1.165, 1.54) is 17.9 Å². The van der Waals surface area contributed by atoms with E-state index >= 15 is 0 Å². The minimum Gasteiger partial charge on any atom is -0.412 e. The Morgan fingerprint density at radius 1 is 1.00 bits per heavy atom. The van der Waals surface area contributed by atoms with E-state index in [0.29, 0.717) is 0 Å². The molecular formula is C3H8OS3. The van der Waals surface area contributed by atoms with Crippen LogP contribution in [0.2, 0.25) is 0 Å². The summed E-state index contributed by atoms with van der Waals surface area (Å²) in [6.45, 7) is 0. The van der Waals surface area contributed by atoms with Crippen molar-refractivity contribution in [3.63, 3.8) is 0 Å². The van der Waals surface area contributed by atoms with Gasteiger partial charge in [0.25, 0.3) is 0 Å². The summed E-state index contributed by atoms with van der Waals surface area (Å²) in [6.07, 6.45) is 1.41. The highest BCUT2D eigenvalue weighted by atomic mass is 33.5. The Kier molecular flexibility index (Phi) is 5.90. The highest BCUT2D eigenvalue weighted by Crippen LogP contribution is 2.39. The fraction of sp³-hybridized carbons (Fsp3) is 1.00. The lowest BCUT2D eigenvalue weighted by Gasteiger charge is -2.04. The van der Waals surface area contributed by atoms with Crippen LogP contribution in [0.15, 0.2) is 0 Å².